The summed E-state index contributed by atoms with van der Waals surface area (Å²) >= 11 is 0. The number of hydrogen-bond acceptors (Lipinski definition) is 5. The Kier molecular flexibility index (Phi) is 7.82. The number of hydrogen-bond donors (Lipinski definition) is 1. The van der Waals surface area contributed by atoms with E-state index in [1.54, 1.807) is 35.2 Å². The van der Waals surface area contributed by atoms with Crippen molar-refractivity contribution in [1.82, 2.24) is 14.1 Å². The zero-order valence-electron chi connectivity index (χ0n) is 15.6. The van der Waals surface area contributed by atoms with Crippen molar-refractivity contribution in [3.63, 3.8) is 0 Å². The van der Waals surface area contributed by atoms with Crippen molar-refractivity contribution in [2.75, 3.05) is 45.8 Å². The van der Waals surface area contributed by atoms with E-state index in [9.17, 15) is 18.0 Å². The molecule has 0 aliphatic carbocycles. The Balaban J connectivity index is 0.00000280. The lowest BCUT2D eigenvalue weighted by atomic mass is 9.98. The van der Waals surface area contributed by atoms with E-state index in [-0.39, 0.29) is 42.8 Å². The van der Waals surface area contributed by atoms with Gasteiger partial charge in [0.1, 0.15) is 0 Å². The maximum atomic E-state index is 12.6. The summed E-state index contributed by atoms with van der Waals surface area (Å²) < 4.78 is 26.7. The van der Waals surface area contributed by atoms with Gasteiger partial charge in [-0.15, -0.1) is 12.4 Å². The number of rotatable bonds is 5. The van der Waals surface area contributed by atoms with Crippen molar-refractivity contribution in [1.29, 1.82) is 0 Å². The van der Waals surface area contributed by atoms with Crippen LogP contribution in [0.1, 0.15) is 12.8 Å². The fraction of sp³-hybridized carbons (Fsp3) is 0.556. The maximum Gasteiger partial charge on any atom is 0.307 e. The molecule has 0 saturated carbocycles. The van der Waals surface area contributed by atoms with Gasteiger partial charge in [0.25, 0.3) is 0 Å². The zero-order chi connectivity index (χ0) is 19.4. The van der Waals surface area contributed by atoms with Gasteiger partial charge in [-0.05, 0) is 31.5 Å². The Bertz CT molecular complexity index is 782. The minimum absolute atomic E-state index is 0. The summed E-state index contributed by atoms with van der Waals surface area (Å²) in [5.41, 5.74) is 0. The number of carbonyl (C=O) groups excluding carboxylic acids is 1. The van der Waals surface area contributed by atoms with Gasteiger partial charge in [0.15, 0.2) is 0 Å². The third-order valence-corrected chi connectivity index (χ3v) is 7.10. The quantitative estimate of drug-likeness (QED) is 0.738. The summed E-state index contributed by atoms with van der Waals surface area (Å²) in [7, 11) is -3.54. The summed E-state index contributed by atoms with van der Waals surface area (Å²) in [6, 6.07) is 8.29. The second kappa shape index (κ2) is 9.69. The number of nitrogens with zero attached hydrogens (tertiary/aromatic N) is 3. The molecule has 28 heavy (non-hydrogen) atoms. The minimum Gasteiger partial charge on any atom is -0.481 e. The molecule has 3 rings (SSSR count). The van der Waals surface area contributed by atoms with E-state index < -0.39 is 21.9 Å². The predicted molar refractivity (Wildman–Crippen MR) is 106 cm³/mol. The standard InChI is InChI=1S/C18H25N3O5S.ClH/c22-17(14-19-8-4-5-15(13-19)18(23)24)20-9-11-21(12-10-20)27(25,26)16-6-2-1-3-7-16;/h1-3,6-7,15H,4-5,8-14H2,(H,23,24);1H. The number of carbonyl (C=O) groups is 2. The summed E-state index contributed by atoms with van der Waals surface area (Å²) in [5, 5.41) is 9.15. The van der Waals surface area contributed by atoms with Crippen molar-refractivity contribution in [3.8, 4) is 0 Å². The SMILES string of the molecule is Cl.O=C(O)C1CCCN(CC(=O)N2CCN(S(=O)(=O)c3ccccc3)CC2)C1. The van der Waals surface area contributed by atoms with Crippen LogP contribution >= 0.6 is 12.4 Å². The number of likely N-dealkylation sites (tertiary alicyclic amines) is 1. The summed E-state index contributed by atoms with van der Waals surface area (Å²) in [4.78, 5) is 27.5. The molecule has 8 nitrogen and oxygen atoms in total. The number of piperazine rings is 1. The third-order valence-electron chi connectivity index (χ3n) is 5.19. The maximum absolute atomic E-state index is 12.6. The van der Waals surface area contributed by atoms with Gasteiger partial charge in [-0.1, -0.05) is 18.2 Å². The van der Waals surface area contributed by atoms with E-state index in [1.165, 1.54) is 4.31 Å². The Morgan fingerprint density at radius 1 is 1.04 bits per heavy atom. The smallest absolute Gasteiger partial charge is 0.307 e. The Labute approximate surface area is 171 Å². The number of sulfonamides is 1. The zero-order valence-corrected chi connectivity index (χ0v) is 17.2. The van der Waals surface area contributed by atoms with Crippen LogP contribution in [0.5, 0.6) is 0 Å². The summed E-state index contributed by atoms with van der Waals surface area (Å²) in [6.07, 6.45) is 1.42. The van der Waals surface area contributed by atoms with Crippen LogP contribution in [0.3, 0.4) is 0 Å². The number of halogens is 1. The largest absolute Gasteiger partial charge is 0.481 e. The van der Waals surface area contributed by atoms with Gasteiger partial charge in [0, 0.05) is 32.7 Å². The van der Waals surface area contributed by atoms with Crippen molar-refractivity contribution in [2.45, 2.75) is 17.7 Å². The predicted octanol–water partition coefficient (Wildman–Crippen LogP) is 0.738. The van der Waals surface area contributed by atoms with E-state index in [2.05, 4.69) is 0 Å². The summed E-state index contributed by atoms with van der Waals surface area (Å²) in [5.74, 6) is -1.30. The number of aliphatic carboxylic acids is 1. The molecule has 2 heterocycles. The number of benzene rings is 1. The fourth-order valence-electron chi connectivity index (χ4n) is 3.61. The highest BCUT2D eigenvalue weighted by atomic mass is 35.5. The van der Waals surface area contributed by atoms with Crippen LogP contribution < -0.4 is 0 Å². The van der Waals surface area contributed by atoms with Crippen LogP contribution in [0.4, 0.5) is 0 Å². The molecule has 1 aromatic rings. The Morgan fingerprint density at radius 2 is 1.68 bits per heavy atom. The van der Waals surface area contributed by atoms with E-state index in [4.69, 9.17) is 5.11 Å². The first-order valence-corrected chi connectivity index (χ1v) is 10.6. The van der Waals surface area contributed by atoms with Crippen LogP contribution in [0.15, 0.2) is 35.2 Å². The molecule has 2 saturated heterocycles. The second-order valence-electron chi connectivity index (χ2n) is 7.01. The highest BCUT2D eigenvalue weighted by Gasteiger charge is 2.32. The molecule has 1 amide bonds. The lowest BCUT2D eigenvalue weighted by molar-refractivity contribution is -0.145. The monoisotopic (exact) mass is 431 g/mol. The third kappa shape index (κ3) is 5.22. The second-order valence-corrected chi connectivity index (χ2v) is 8.95. The lowest BCUT2D eigenvalue weighted by Crippen LogP contribution is -2.53. The summed E-state index contributed by atoms with van der Waals surface area (Å²) in [6.45, 7) is 2.53. The fourth-order valence-corrected chi connectivity index (χ4v) is 5.05. The first-order valence-electron chi connectivity index (χ1n) is 9.16. The molecular weight excluding hydrogens is 406 g/mol. The molecule has 0 radical (unpaired) electrons. The molecule has 156 valence electrons. The molecule has 2 aliphatic rings. The van der Waals surface area contributed by atoms with Crippen LogP contribution in [0, 0.1) is 5.92 Å². The highest BCUT2D eigenvalue weighted by molar-refractivity contribution is 7.89. The van der Waals surface area contributed by atoms with Gasteiger partial charge in [-0.25, -0.2) is 8.42 Å². The average Bonchev–Trinajstić information content (AvgIpc) is 2.69. The number of carboxylic acid groups (broad SMARTS) is 1. The van der Waals surface area contributed by atoms with Crippen LogP contribution in [0.25, 0.3) is 0 Å². The van der Waals surface area contributed by atoms with Crippen molar-refractivity contribution in [2.24, 2.45) is 5.92 Å². The molecule has 10 heteroatoms. The molecule has 1 N–H and O–H groups in total. The first kappa shape index (κ1) is 22.6. The number of piperidine rings is 1. The molecule has 0 bridgehead atoms. The van der Waals surface area contributed by atoms with Crippen molar-refractivity contribution in [3.05, 3.63) is 30.3 Å². The molecule has 0 spiro atoms. The number of amides is 1. The van der Waals surface area contributed by atoms with E-state index in [0.29, 0.717) is 26.1 Å². The molecule has 2 aliphatic heterocycles. The van der Waals surface area contributed by atoms with Gasteiger partial charge in [-0.2, -0.15) is 4.31 Å². The number of carboxylic acids is 1. The lowest BCUT2D eigenvalue weighted by Gasteiger charge is -2.36. The Hall–Kier alpha value is -1.68. The molecule has 1 aromatic carbocycles. The van der Waals surface area contributed by atoms with E-state index in [1.807, 2.05) is 4.90 Å². The molecule has 0 aromatic heterocycles. The molecule has 2 fully saturated rings. The van der Waals surface area contributed by atoms with Gasteiger partial charge in [0.2, 0.25) is 15.9 Å². The average molecular weight is 432 g/mol. The van der Waals surface area contributed by atoms with Gasteiger partial charge < -0.3 is 10.0 Å². The van der Waals surface area contributed by atoms with Crippen LogP contribution in [0.2, 0.25) is 0 Å². The van der Waals surface area contributed by atoms with Crippen molar-refractivity contribution >= 4 is 34.3 Å². The van der Waals surface area contributed by atoms with Gasteiger partial charge in [0.05, 0.1) is 17.4 Å². The first-order chi connectivity index (χ1) is 12.9. The van der Waals surface area contributed by atoms with Crippen molar-refractivity contribution < 1.29 is 23.1 Å². The molecule has 1 unspecified atom stereocenters. The molecule has 1 atom stereocenters. The Morgan fingerprint density at radius 3 is 2.29 bits per heavy atom. The van der Waals surface area contributed by atoms with Gasteiger partial charge in [-0.3, -0.25) is 14.5 Å². The normalized spacial score (nSPS) is 21.7. The topological polar surface area (TPSA) is 98.2 Å². The minimum atomic E-state index is -3.54. The van der Waals surface area contributed by atoms with Gasteiger partial charge >= 0.3 is 5.97 Å². The van der Waals surface area contributed by atoms with Crippen LogP contribution in [-0.2, 0) is 19.6 Å². The van der Waals surface area contributed by atoms with Crippen LogP contribution in [-0.4, -0.2) is 85.3 Å². The van der Waals surface area contributed by atoms with E-state index >= 15 is 0 Å². The molecular formula is C18H26ClN3O5S. The highest BCUT2D eigenvalue weighted by Crippen LogP contribution is 2.19. The van der Waals surface area contributed by atoms with E-state index in [0.717, 1.165) is 13.0 Å².